The maximum absolute atomic E-state index is 11.5. The average molecular weight is 250 g/mol. The van der Waals surface area contributed by atoms with Crippen molar-refractivity contribution in [3.8, 4) is 17.2 Å². The number of carbonyl (C=O) groups excluding carboxylic acids is 1. The summed E-state index contributed by atoms with van der Waals surface area (Å²) in [6, 6.07) is 2.35. The molecule has 6 heteroatoms. The van der Waals surface area contributed by atoms with Crippen molar-refractivity contribution in [3.05, 3.63) is 28.1 Å². The Bertz CT molecular complexity index is 698. The minimum Gasteiger partial charge on any atom is -0.506 e. The van der Waals surface area contributed by atoms with E-state index in [1.807, 2.05) is 0 Å². The van der Waals surface area contributed by atoms with Crippen LogP contribution in [0.5, 0.6) is 17.2 Å². The molecular weight excluding hydrogens is 240 g/mol. The zero-order valence-electron chi connectivity index (χ0n) is 9.68. The van der Waals surface area contributed by atoms with Crippen LogP contribution in [-0.2, 0) is 0 Å². The second-order valence-corrected chi connectivity index (χ2v) is 3.66. The van der Waals surface area contributed by atoms with Crippen molar-refractivity contribution in [1.29, 1.82) is 0 Å². The zero-order chi connectivity index (χ0) is 13.4. The van der Waals surface area contributed by atoms with Crippen molar-refractivity contribution >= 4 is 16.8 Å². The molecule has 18 heavy (non-hydrogen) atoms. The summed E-state index contributed by atoms with van der Waals surface area (Å²) in [6.45, 7) is 1.22. The van der Waals surface area contributed by atoms with E-state index in [0.29, 0.717) is 0 Å². The number of benzene rings is 1. The number of phenols is 2. The largest absolute Gasteiger partial charge is 0.506 e. The number of fused-ring (bicyclic) bond motifs is 1. The van der Waals surface area contributed by atoms with E-state index in [4.69, 9.17) is 9.15 Å². The summed E-state index contributed by atoms with van der Waals surface area (Å²) in [5, 5.41) is 19.9. The maximum Gasteiger partial charge on any atom is 0.336 e. The van der Waals surface area contributed by atoms with Gasteiger partial charge in [0.1, 0.15) is 11.3 Å². The highest BCUT2D eigenvalue weighted by Crippen LogP contribution is 2.44. The number of rotatable bonds is 2. The summed E-state index contributed by atoms with van der Waals surface area (Å²) in [5.41, 5.74) is -1.06. The fourth-order valence-electron chi connectivity index (χ4n) is 1.77. The van der Waals surface area contributed by atoms with Crippen LogP contribution in [0.3, 0.4) is 0 Å². The van der Waals surface area contributed by atoms with E-state index in [9.17, 15) is 19.8 Å². The van der Waals surface area contributed by atoms with Crippen LogP contribution in [0.1, 0.15) is 17.3 Å². The standard InChI is InChI=1S/C12H10O6/c1-5(13)8-9(15)6-3-4-7(14)18-11(6)10(16)12(8)17-2/h3-4,15-16H,1-2H3. The van der Waals surface area contributed by atoms with Crippen molar-refractivity contribution in [2.45, 2.75) is 6.92 Å². The molecule has 0 aliphatic carbocycles. The molecule has 0 unspecified atom stereocenters. The van der Waals surface area contributed by atoms with Crippen molar-refractivity contribution in [1.82, 2.24) is 0 Å². The molecule has 0 fully saturated rings. The first-order chi connectivity index (χ1) is 8.47. The molecule has 0 atom stereocenters. The monoisotopic (exact) mass is 250 g/mol. The first-order valence-electron chi connectivity index (χ1n) is 5.04. The number of Topliss-reactive ketones (excluding diaryl/α,β-unsaturated/α-hetero) is 1. The Kier molecular flexibility index (Phi) is 2.70. The van der Waals surface area contributed by atoms with Crippen molar-refractivity contribution < 1.29 is 24.2 Å². The predicted octanol–water partition coefficient (Wildman–Crippen LogP) is 1.42. The molecular formula is C12H10O6. The summed E-state index contributed by atoms with van der Waals surface area (Å²) >= 11 is 0. The lowest BCUT2D eigenvalue weighted by atomic mass is 10.0. The summed E-state index contributed by atoms with van der Waals surface area (Å²) in [7, 11) is 1.23. The first kappa shape index (κ1) is 12.0. The predicted molar refractivity (Wildman–Crippen MR) is 62.4 cm³/mol. The summed E-state index contributed by atoms with van der Waals surface area (Å²) in [6.07, 6.45) is 0. The lowest BCUT2D eigenvalue weighted by Gasteiger charge is -2.12. The molecule has 0 saturated carbocycles. The third-order valence-corrected chi connectivity index (χ3v) is 2.54. The second-order valence-electron chi connectivity index (χ2n) is 3.66. The summed E-state index contributed by atoms with van der Waals surface area (Å²) in [4.78, 5) is 22.6. The van der Waals surface area contributed by atoms with E-state index in [-0.39, 0.29) is 22.3 Å². The third-order valence-electron chi connectivity index (χ3n) is 2.54. The highest BCUT2D eigenvalue weighted by atomic mass is 16.5. The molecule has 0 radical (unpaired) electrons. The molecule has 1 heterocycles. The Morgan fingerprint density at radius 3 is 2.50 bits per heavy atom. The lowest BCUT2D eigenvalue weighted by Crippen LogP contribution is -2.02. The van der Waals surface area contributed by atoms with Gasteiger partial charge in [-0.05, 0) is 13.0 Å². The molecule has 6 nitrogen and oxygen atoms in total. The first-order valence-corrected chi connectivity index (χ1v) is 5.04. The summed E-state index contributed by atoms with van der Waals surface area (Å²) < 4.78 is 9.67. The van der Waals surface area contributed by atoms with Crippen molar-refractivity contribution in [2.24, 2.45) is 0 Å². The topological polar surface area (TPSA) is 97.0 Å². The van der Waals surface area contributed by atoms with Gasteiger partial charge in [-0.3, -0.25) is 4.79 Å². The van der Waals surface area contributed by atoms with Gasteiger partial charge in [0.2, 0.25) is 5.75 Å². The Hall–Kier alpha value is -2.50. The van der Waals surface area contributed by atoms with Gasteiger partial charge in [-0.15, -0.1) is 0 Å². The second kappa shape index (κ2) is 4.06. The minimum atomic E-state index is -0.685. The normalized spacial score (nSPS) is 10.6. The smallest absolute Gasteiger partial charge is 0.336 e. The van der Waals surface area contributed by atoms with Gasteiger partial charge in [0.05, 0.1) is 12.5 Å². The van der Waals surface area contributed by atoms with Crippen LogP contribution in [0.4, 0.5) is 0 Å². The molecule has 2 rings (SSSR count). The molecule has 0 saturated heterocycles. The Morgan fingerprint density at radius 1 is 1.28 bits per heavy atom. The molecule has 0 aliphatic rings. The van der Waals surface area contributed by atoms with Crippen LogP contribution >= 0.6 is 0 Å². The van der Waals surface area contributed by atoms with Gasteiger partial charge in [-0.1, -0.05) is 0 Å². The molecule has 2 N–H and O–H groups in total. The van der Waals surface area contributed by atoms with Gasteiger partial charge >= 0.3 is 5.63 Å². The average Bonchev–Trinajstić information content (AvgIpc) is 2.32. The number of hydrogen-bond donors (Lipinski definition) is 2. The zero-order valence-corrected chi connectivity index (χ0v) is 9.68. The molecule has 0 bridgehead atoms. The van der Waals surface area contributed by atoms with Gasteiger partial charge in [-0.25, -0.2) is 4.79 Å². The molecule has 0 aliphatic heterocycles. The molecule has 94 valence electrons. The maximum atomic E-state index is 11.5. The van der Waals surface area contributed by atoms with Crippen LogP contribution in [0.2, 0.25) is 0 Å². The van der Waals surface area contributed by atoms with E-state index in [1.165, 1.54) is 20.1 Å². The van der Waals surface area contributed by atoms with E-state index < -0.39 is 22.9 Å². The van der Waals surface area contributed by atoms with Crippen molar-refractivity contribution in [2.75, 3.05) is 7.11 Å². The number of carbonyl (C=O) groups is 1. The van der Waals surface area contributed by atoms with Crippen LogP contribution in [0, 0.1) is 0 Å². The van der Waals surface area contributed by atoms with E-state index >= 15 is 0 Å². The molecule has 1 aromatic heterocycles. The highest BCUT2D eigenvalue weighted by Gasteiger charge is 2.24. The fraction of sp³-hybridized carbons (Fsp3) is 0.167. The van der Waals surface area contributed by atoms with E-state index in [1.54, 1.807) is 0 Å². The molecule has 2 aromatic rings. The SMILES string of the molecule is COc1c(C(C)=O)c(O)c2ccc(=O)oc2c1O. The summed E-state index contributed by atoms with van der Waals surface area (Å²) in [5.74, 6) is -1.58. The highest BCUT2D eigenvalue weighted by molar-refractivity contribution is 6.07. The number of hydrogen-bond acceptors (Lipinski definition) is 6. The van der Waals surface area contributed by atoms with Gasteiger partial charge in [-0.2, -0.15) is 0 Å². The van der Waals surface area contributed by atoms with Crippen LogP contribution < -0.4 is 10.4 Å². The molecule has 0 spiro atoms. The minimum absolute atomic E-state index is 0.0677. The van der Waals surface area contributed by atoms with E-state index in [2.05, 4.69) is 0 Å². The fourth-order valence-corrected chi connectivity index (χ4v) is 1.77. The number of ketones is 1. The molecule has 0 amide bonds. The number of aromatic hydroxyl groups is 2. The van der Waals surface area contributed by atoms with Gasteiger partial charge in [0.25, 0.3) is 0 Å². The van der Waals surface area contributed by atoms with Gasteiger partial charge in [0.15, 0.2) is 17.1 Å². The Morgan fingerprint density at radius 2 is 1.94 bits per heavy atom. The van der Waals surface area contributed by atoms with Crippen molar-refractivity contribution in [3.63, 3.8) is 0 Å². The Balaban J connectivity index is 3.04. The van der Waals surface area contributed by atoms with E-state index in [0.717, 1.165) is 6.07 Å². The Labute approximate surface area is 101 Å². The lowest BCUT2D eigenvalue weighted by molar-refractivity contribution is 0.101. The quantitative estimate of drug-likeness (QED) is 0.475. The van der Waals surface area contributed by atoms with Gasteiger partial charge < -0.3 is 19.4 Å². The van der Waals surface area contributed by atoms with Crippen LogP contribution in [0.15, 0.2) is 21.3 Å². The number of methoxy groups -OCH3 is 1. The number of ether oxygens (including phenoxy) is 1. The van der Waals surface area contributed by atoms with Crippen LogP contribution in [-0.4, -0.2) is 23.1 Å². The molecule has 1 aromatic carbocycles. The number of phenolic OH excluding ortho intramolecular Hbond substituents is 2. The van der Waals surface area contributed by atoms with Crippen LogP contribution in [0.25, 0.3) is 11.0 Å². The van der Waals surface area contributed by atoms with Gasteiger partial charge in [0, 0.05) is 6.07 Å². The third kappa shape index (κ3) is 1.58.